The topological polar surface area (TPSA) is 89.8 Å². The van der Waals surface area contributed by atoms with Crippen molar-refractivity contribution in [1.29, 1.82) is 0 Å². The highest BCUT2D eigenvalue weighted by molar-refractivity contribution is 5.80. The van der Waals surface area contributed by atoms with Crippen LogP contribution < -0.4 is 5.32 Å². The lowest BCUT2D eigenvalue weighted by Crippen LogP contribution is -2.49. The molecule has 0 aliphatic heterocycles. The summed E-state index contributed by atoms with van der Waals surface area (Å²) in [6.45, 7) is 4.26. The van der Waals surface area contributed by atoms with Gasteiger partial charge in [0.15, 0.2) is 0 Å². The Balaban J connectivity index is 3.50. The summed E-state index contributed by atoms with van der Waals surface area (Å²) >= 11 is 0. The lowest BCUT2D eigenvalue weighted by Gasteiger charge is -2.23. The number of nitrogens with one attached hydrogen (secondary N) is 1. The molecule has 0 aromatic carbocycles. The molecular weight excluding hydrogens is 715 g/mol. The first-order chi connectivity index (χ1) is 28.6. The van der Waals surface area contributed by atoms with Crippen molar-refractivity contribution in [1.82, 2.24) is 5.32 Å². The SMILES string of the molecule is CCCCCCCCCCCCCC/C=C\CCCCCCCCCCCCCCCC(O)C(=O)NC(CO)C(O)CCCCCCCCCCCCCCCCC. The van der Waals surface area contributed by atoms with Crippen molar-refractivity contribution in [3.63, 3.8) is 0 Å². The zero-order valence-electron chi connectivity index (χ0n) is 39.5. The van der Waals surface area contributed by atoms with Crippen molar-refractivity contribution in [2.24, 2.45) is 0 Å². The number of unbranched alkanes of at least 4 members (excludes halogenated alkanes) is 39. The zero-order valence-corrected chi connectivity index (χ0v) is 39.5. The Labute approximate surface area is 363 Å². The molecule has 1 amide bonds. The van der Waals surface area contributed by atoms with E-state index in [-0.39, 0.29) is 6.61 Å². The van der Waals surface area contributed by atoms with Crippen molar-refractivity contribution in [3.8, 4) is 0 Å². The van der Waals surface area contributed by atoms with E-state index in [2.05, 4.69) is 31.3 Å². The Morgan fingerprint density at radius 3 is 0.948 bits per heavy atom. The first kappa shape index (κ1) is 57.1. The third kappa shape index (κ3) is 43.2. The smallest absolute Gasteiger partial charge is 0.249 e. The zero-order chi connectivity index (χ0) is 42.3. The predicted molar refractivity (Wildman–Crippen MR) is 255 cm³/mol. The largest absolute Gasteiger partial charge is 0.394 e. The van der Waals surface area contributed by atoms with Gasteiger partial charge in [-0.25, -0.2) is 0 Å². The van der Waals surface area contributed by atoms with Gasteiger partial charge >= 0.3 is 0 Å². The van der Waals surface area contributed by atoms with Crippen molar-refractivity contribution in [2.45, 2.75) is 315 Å². The van der Waals surface area contributed by atoms with Gasteiger partial charge in [0, 0.05) is 0 Å². The van der Waals surface area contributed by atoms with Gasteiger partial charge in [-0.1, -0.05) is 270 Å². The van der Waals surface area contributed by atoms with Gasteiger partial charge in [-0.2, -0.15) is 0 Å². The molecule has 0 rings (SSSR count). The fourth-order valence-electron chi connectivity index (χ4n) is 8.48. The van der Waals surface area contributed by atoms with Crippen molar-refractivity contribution in [2.75, 3.05) is 6.61 Å². The molecule has 346 valence electrons. The number of hydrogen-bond acceptors (Lipinski definition) is 4. The standard InChI is InChI=1S/C53H105NO4/c1-3-5-7-9-11-13-15-17-19-20-21-22-23-24-25-26-27-28-29-30-31-32-34-36-38-40-42-44-46-48-52(57)53(58)54-50(49-55)51(56)47-45-43-41-39-37-35-33-18-16-14-12-10-8-6-4-2/h24-25,50-52,55-57H,3-23,26-49H2,1-2H3,(H,54,58)/b25-24-. The van der Waals surface area contributed by atoms with E-state index in [0.717, 1.165) is 32.1 Å². The van der Waals surface area contributed by atoms with E-state index < -0.39 is 24.2 Å². The normalized spacial score (nSPS) is 13.4. The first-order valence-corrected chi connectivity index (χ1v) is 26.5. The maximum Gasteiger partial charge on any atom is 0.249 e. The summed E-state index contributed by atoms with van der Waals surface area (Å²) in [5.74, 6) is -0.466. The summed E-state index contributed by atoms with van der Waals surface area (Å²) in [7, 11) is 0. The minimum absolute atomic E-state index is 0.310. The minimum Gasteiger partial charge on any atom is -0.394 e. The van der Waals surface area contributed by atoms with Crippen LogP contribution >= 0.6 is 0 Å². The monoisotopic (exact) mass is 820 g/mol. The molecule has 0 radical (unpaired) electrons. The van der Waals surface area contributed by atoms with Crippen LogP contribution in [0.5, 0.6) is 0 Å². The van der Waals surface area contributed by atoms with Crippen LogP contribution in [0, 0.1) is 0 Å². The molecule has 0 spiro atoms. The summed E-state index contributed by atoms with van der Waals surface area (Å²) in [6.07, 6.45) is 59.6. The Morgan fingerprint density at radius 2 is 0.655 bits per heavy atom. The maximum atomic E-state index is 12.5. The molecule has 0 aromatic heterocycles. The van der Waals surface area contributed by atoms with Crippen molar-refractivity contribution < 1.29 is 20.1 Å². The summed E-state index contributed by atoms with van der Waals surface area (Å²) in [4.78, 5) is 12.5. The second-order valence-electron chi connectivity index (χ2n) is 18.4. The number of aliphatic hydroxyl groups is 3. The number of carbonyl (C=O) groups is 1. The molecule has 5 heteroatoms. The average molecular weight is 820 g/mol. The van der Waals surface area contributed by atoms with Gasteiger partial charge < -0.3 is 20.6 Å². The number of aliphatic hydroxyl groups excluding tert-OH is 3. The van der Waals surface area contributed by atoms with E-state index >= 15 is 0 Å². The minimum atomic E-state index is -1.07. The van der Waals surface area contributed by atoms with Crippen LogP contribution in [-0.2, 0) is 4.79 Å². The molecule has 5 nitrogen and oxygen atoms in total. The number of allylic oxidation sites excluding steroid dienone is 2. The summed E-state index contributed by atoms with van der Waals surface area (Å²) in [6, 6.07) is -0.709. The van der Waals surface area contributed by atoms with E-state index in [4.69, 9.17) is 0 Å². The van der Waals surface area contributed by atoms with Crippen LogP contribution in [0.25, 0.3) is 0 Å². The van der Waals surface area contributed by atoms with Gasteiger partial charge in [0.2, 0.25) is 5.91 Å². The van der Waals surface area contributed by atoms with Gasteiger partial charge in [0.05, 0.1) is 18.8 Å². The fraction of sp³-hybridized carbons (Fsp3) is 0.943. The molecule has 4 N–H and O–H groups in total. The molecule has 0 aliphatic rings. The average Bonchev–Trinajstić information content (AvgIpc) is 3.23. The number of hydrogen-bond donors (Lipinski definition) is 4. The Morgan fingerprint density at radius 1 is 0.397 bits per heavy atom. The second-order valence-corrected chi connectivity index (χ2v) is 18.4. The van der Waals surface area contributed by atoms with Crippen LogP contribution in [0.3, 0.4) is 0 Å². The highest BCUT2D eigenvalue weighted by Gasteiger charge is 2.23. The van der Waals surface area contributed by atoms with Crippen molar-refractivity contribution in [3.05, 3.63) is 12.2 Å². The van der Waals surface area contributed by atoms with E-state index in [0.29, 0.717) is 12.8 Å². The van der Waals surface area contributed by atoms with Gasteiger partial charge in [-0.05, 0) is 38.5 Å². The molecule has 3 atom stereocenters. The van der Waals surface area contributed by atoms with Crippen LogP contribution in [0.2, 0.25) is 0 Å². The lowest BCUT2D eigenvalue weighted by atomic mass is 10.0. The van der Waals surface area contributed by atoms with Crippen LogP contribution in [-0.4, -0.2) is 46.1 Å². The molecular formula is C53H105NO4. The number of amides is 1. The molecule has 0 saturated heterocycles. The third-order valence-corrected chi connectivity index (χ3v) is 12.6. The molecule has 3 unspecified atom stereocenters. The fourth-order valence-corrected chi connectivity index (χ4v) is 8.48. The molecule has 0 heterocycles. The lowest BCUT2D eigenvalue weighted by molar-refractivity contribution is -0.131. The van der Waals surface area contributed by atoms with Crippen LogP contribution in [0.15, 0.2) is 12.2 Å². The number of rotatable bonds is 49. The predicted octanol–water partition coefficient (Wildman–Crippen LogP) is 15.9. The highest BCUT2D eigenvalue weighted by atomic mass is 16.3. The Kier molecular flexibility index (Phi) is 48.0. The molecule has 0 aromatic rings. The van der Waals surface area contributed by atoms with Gasteiger partial charge in [-0.15, -0.1) is 0 Å². The molecule has 0 aliphatic carbocycles. The molecule has 0 bridgehead atoms. The van der Waals surface area contributed by atoms with Gasteiger partial charge in [0.25, 0.3) is 0 Å². The van der Waals surface area contributed by atoms with Gasteiger partial charge in [0.1, 0.15) is 6.10 Å². The molecule has 0 saturated carbocycles. The number of carbonyl (C=O) groups excluding carboxylic acids is 1. The van der Waals surface area contributed by atoms with E-state index in [1.807, 2.05) is 0 Å². The third-order valence-electron chi connectivity index (χ3n) is 12.6. The van der Waals surface area contributed by atoms with Crippen LogP contribution in [0.1, 0.15) is 296 Å². The summed E-state index contributed by atoms with van der Waals surface area (Å²) < 4.78 is 0. The van der Waals surface area contributed by atoms with Crippen molar-refractivity contribution >= 4 is 5.91 Å². The van der Waals surface area contributed by atoms with Crippen LogP contribution in [0.4, 0.5) is 0 Å². The summed E-state index contributed by atoms with van der Waals surface area (Å²) in [5.41, 5.74) is 0. The molecule has 0 fully saturated rings. The summed E-state index contributed by atoms with van der Waals surface area (Å²) in [5, 5.41) is 33.4. The Bertz CT molecular complexity index is 818. The molecule has 58 heavy (non-hydrogen) atoms. The van der Waals surface area contributed by atoms with E-state index in [9.17, 15) is 20.1 Å². The van der Waals surface area contributed by atoms with Gasteiger partial charge in [-0.3, -0.25) is 4.79 Å². The van der Waals surface area contributed by atoms with E-state index in [1.54, 1.807) is 0 Å². The quantitative estimate of drug-likeness (QED) is 0.0364. The second kappa shape index (κ2) is 48.8. The van der Waals surface area contributed by atoms with E-state index in [1.165, 1.54) is 238 Å². The highest BCUT2D eigenvalue weighted by Crippen LogP contribution is 2.17. The first-order valence-electron chi connectivity index (χ1n) is 26.5. The Hall–Kier alpha value is -0.910. The maximum absolute atomic E-state index is 12.5.